The van der Waals surface area contributed by atoms with E-state index < -0.39 is 11.7 Å². The molecule has 0 radical (unpaired) electrons. The Balaban J connectivity index is 1.99. The number of nitrogens with one attached hydrogen (secondary N) is 1. The number of hydrogen-bond acceptors (Lipinski definition) is 2. The number of halogens is 1. The number of carbonyl (C=O) groups is 1. The van der Waals surface area contributed by atoms with Gasteiger partial charge in [0.05, 0.1) is 5.56 Å². The highest BCUT2D eigenvalue weighted by Crippen LogP contribution is 2.43. The van der Waals surface area contributed by atoms with Crippen molar-refractivity contribution >= 4 is 5.91 Å². The van der Waals surface area contributed by atoms with Crippen molar-refractivity contribution in [3.63, 3.8) is 0 Å². The predicted molar refractivity (Wildman–Crippen MR) is 67.0 cm³/mol. The fourth-order valence-corrected chi connectivity index (χ4v) is 2.38. The first kappa shape index (κ1) is 12.9. The molecule has 1 fully saturated rings. The zero-order valence-electron chi connectivity index (χ0n) is 10.5. The molecule has 1 aromatic rings. The lowest BCUT2D eigenvalue weighted by atomic mass is 9.67. The molecule has 1 amide bonds. The van der Waals surface area contributed by atoms with Gasteiger partial charge in [-0.15, -0.1) is 0 Å². The van der Waals surface area contributed by atoms with Gasteiger partial charge in [0.25, 0.3) is 5.91 Å². The van der Waals surface area contributed by atoms with Crippen molar-refractivity contribution in [3.8, 4) is 5.75 Å². The molecule has 0 aliphatic heterocycles. The van der Waals surface area contributed by atoms with E-state index >= 15 is 0 Å². The van der Waals surface area contributed by atoms with E-state index in [1.54, 1.807) is 0 Å². The lowest BCUT2D eigenvalue weighted by Gasteiger charge is -2.41. The quantitative estimate of drug-likeness (QED) is 0.864. The highest BCUT2D eigenvalue weighted by Gasteiger charge is 2.35. The molecule has 1 aliphatic rings. The lowest BCUT2D eigenvalue weighted by Crippen LogP contribution is -2.41. The zero-order chi connectivity index (χ0) is 13.2. The van der Waals surface area contributed by atoms with Crippen LogP contribution in [0.4, 0.5) is 4.39 Å². The number of phenolic OH excluding ortho intramolecular Hbond substituents is 1. The summed E-state index contributed by atoms with van der Waals surface area (Å²) >= 11 is 0. The first-order chi connectivity index (χ1) is 8.56. The summed E-state index contributed by atoms with van der Waals surface area (Å²) in [7, 11) is 0. The van der Waals surface area contributed by atoms with Gasteiger partial charge < -0.3 is 10.4 Å². The predicted octanol–water partition coefficient (Wildman–Crippen LogP) is 2.84. The average molecular weight is 251 g/mol. The van der Waals surface area contributed by atoms with Crippen molar-refractivity contribution in [1.29, 1.82) is 0 Å². The van der Waals surface area contributed by atoms with E-state index in [4.69, 9.17) is 5.11 Å². The van der Waals surface area contributed by atoms with Crippen LogP contribution in [0.5, 0.6) is 5.75 Å². The molecule has 3 nitrogen and oxygen atoms in total. The van der Waals surface area contributed by atoms with Crippen LogP contribution in [0, 0.1) is 11.2 Å². The monoisotopic (exact) mass is 251 g/mol. The van der Waals surface area contributed by atoms with Gasteiger partial charge in [-0.2, -0.15) is 0 Å². The maximum absolute atomic E-state index is 13.5. The number of rotatable bonds is 4. The largest absolute Gasteiger partial charge is 0.508 e. The molecule has 2 N–H and O–H groups in total. The summed E-state index contributed by atoms with van der Waals surface area (Å²) in [5.41, 5.74) is 0.196. The standard InChI is InChI=1S/C14H18FNO2/c1-2-14(6-3-7-14)9-16-13(18)11-5-4-10(17)8-12(11)15/h4-5,8,17H,2-3,6-7,9H2,1H3,(H,16,18). The van der Waals surface area contributed by atoms with Crippen LogP contribution < -0.4 is 5.32 Å². The van der Waals surface area contributed by atoms with E-state index in [9.17, 15) is 9.18 Å². The third kappa shape index (κ3) is 2.47. The number of amides is 1. The number of benzene rings is 1. The highest BCUT2D eigenvalue weighted by molar-refractivity contribution is 5.94. The Morgan fingerprint density at radius 2 is 2.22 bits per heavy atom. The molecular formula is C14H18FNO2. The van der Waals surface area contributed by atoms with Crippen LogP contribution in [0.25, 0.3) is 0 Å². The second-order valence-electron chi connectivity index (χ2n) is 5.05. The fourth-order valence-electron chi connectivity index (χ4n) is 2.38. The third-order valence-electron chi connectivity index (χ3n) is 3.99. The van der Waals surface area contributed by atoms with E-state index in [0.717, 1.165) is 25.3 Å². The Morgan fingerprint density at radius 1 is 1.50 bits per heavy atom. The van der Waals surface area contributed by atoms with Crippen molar-refractivity contribution in [2.75, 3.05) is 6.54 Å². The van der Waals surface area contributed by atoms with E-state index in [0.29, 0.717) is 6.54 Å². The van der Waals surface area contributed by atoms with Crippen LogP contribution in [0.2, 0.25) is 0 Å². The molecule has 1 saturated carbocycles. The van der Waals surface area contributed by atoms with Gasteiger partial charge in [-0.25, -0.2) is 4.39 Å². The van der Waals surface area contributed by atoms with Gasteiger partial charge in [-0.1, -0.05) is 13.3 Å². The summed E-state index contributed by atoms with van der Waals surface area (Å²) in [6, 6.07) is 3.57. The van der Waals surface area contributed by atoms with Gasteiger partial charge in [0.1, 0.15) is 11.6 Å². The molecule has 98 valence electrons. The number of aromatic hydroxyl groups is 1. The molecule has 0 unspecified atom stereocenters. The Labute approximate surface area is 106 Å². The second kappa shape index (κ2) is 4.96. The number of phenols is 1. The molecule has 1 aliphatic carbocycles. The van der Waals surface area contributed by atoms with Gasteiger partial charge in [-0.05, 0) is 36.8 Å². The molecule has 0 saturated heterocycles. The molecule has 2 rings (SSSR count). The highest BCUT2D eigenvalue weighted by atomic mass is 19.1. The summed E-state index contributed by atoms with van der Waals surface area (Å²) in [5.74, 6) is -1.27. The van der Waals surface area contributed by atoms with Crippen LogP contribution in [0.3, 0.4) is 0 Å². The average Bonchev–Trinajstić information content (AvgIpc) is 2.27. The van der Waals surface area contributed by atoms with Crippen LogP contribution in [0.1, 0.15) is 43.0 Å². The van der Waals surface area contributed by atoms with Gasteiger partial charge in [0.2, 0.25) is 0 Å². The normalized spacial score (nSPS) is 17.0. The molecular weight excluding hydrogens is 233 g/mol. The van der Waals surface area contributed by atoms with Crippen LogP contribution in [0.15, 0.2) is 18.2 Å². The molecule has 0 atom stereocenters. The Hall–Kier alpha value is -1.58. The van der Waals surface area contributed by atoms with Crippen molar-refractivity contribution in [2.24, 2.45) is 5.41 Å². The van der Waals surface area contributed by atoms with E-state index in [-0.39, 0.29) is 16.7 Å². The first-order valence-electron chi connectivity index (χ1n) is 6.33. The van der Waals surface area contributed by atoms with Crippen LogP contribution in [-0.4, -0.2) is 17.6 Å². The van der Waals surface area contributed by atoms with Crippen molar-refractivity contribution in [3.05, 3.63) is 29.6 Å². The molecule has 0 spiro atoms. The summed E-state index contributed by atoms with van der Waals surface area (Å²) < 4.78 is 13.5. The Bertz CT molecular complexity index is 450. The molecule has 0 aromatic heterocycles. The van der Waals surface area contributed by atoms with E-state index in [1.807, 2.05) is 0 Å². The minimum Gasteiger partial charge on any atom is -0.508 e. The summed E-state index contributed by atoms with van der Waals surface area (Å²) in [6.45, 7) is 2.72. The molecule has 0 bridgehead atoms. The van der Waals surface area contributed by atoms with Gasteiger partial charge >= 0.3 is 0 Å². The third-order valence-corrected chi connectivity index (χ3v) is 3.99. The van der Waals surface area contributed by atoms with Gasteiger partial charge in [0, 0.05) is 12.6 Å². The maximum atomic E-state index is 13.5. The Morgan fingerprint density at radius 3 is 2.72 bits per heavy atom. The van der Waals surface area contributed by atoms with Crippen LogP contribution in [-0.2, 0) is 0 Å². The number of hydrogen-bond donors (Lipinski definition) is 2. The summed E-state index contributed by atoms with van der Waals surface area (Å²) in [5, 5.41) is 11.9. The van der Waals surface area contributed by atoms with Crippen molar-refractivity contribution in [1.82, 2.24) is 5.32 Å². The van der Waals surface area contributed by atoms with E-state index in [1.165, 1.54) is 18.6 Å². The molecule has 4 heteroatoms. The molecule has 18 heavy (non-hydrogen) atoms. The maximum Gasteiger partial charge on any atom is 0.254 e. The Kier molecular flexibility index (Phi) is 3.55. The second-order valence-corrected chi connectivity index (χ2v) is 5.05. The van der Waals surface area contributed by atoms with E-state index in [2.05, 4.69) is 12.2 Å². The first-order valence-corrected chi connectivity index (χ1v) is 6.33. The topological polar surface area (TPSA) is 49.3 Å². The summed E-state index contributed by atoms with van der Waals surface area (Å²) in [4.78, 5) is 11.8. The minimum atomic E-state index is -0.688. The SMILES string of the molecule is CCC1(CNC(=O)c2ccc(O)cc2F)CCC1. The molecule has 0 heterocycles. The van der Waals surface area contributed by atoms with Gasteiger partial charge in [0.15, 0.2) is 0 Å². The smallest absolute Gasteiger partial charge is 0.254 e. The van der Waals surface area contributed by atoms with Crippen molar-refractivity contribution < 1.29 is 14.3 Å². The number of carbonyl (C=O) groups excluding carboxylic acids is 1. The summed E-state index contributed by atoms with van der Waals surface area (Å²) in [6.07, 6.45) is 4.49. The minimum absolute atomic E-state index is 0.0154. The fraction of sp³-hybridized carbons (Fsp3) is 0.500. The van der Waals surface area contributed by atoms with Crippen LogP contribution >= 0.6 is 0 Å². The molecule has 1 aromatic carbocycles. The lowest BCUT2D eigenvalue weighted by molar-refractivity contribution is 0.0846. The zero-order valence-corrected chi connectivity index (χ0v) is 10.5. The van der Waals surface area contributed by atoms with Gasteiger partial charge in [-0.3, -0.25) is 4.79 Å². The van der Waals surface area contributed by atoms with Crippen molar-refractivity contribution in [2.45, 2.75) is 32.6 Å².